The maximum Gasteiger partial charge on any atom is 0.490 e. The molecule has 0 spiro atoms. The largest absolute Gasteiger partial charge is 0.490 e. The number of nitrogens with zero attached hydrogens (tertiary/aromatic N) is 3. The first-order valence-corrected chi connectivity index (χ1v) is 10.0. The first kappa shape index (κ1) is 27.6. The number of halogens is 6. The fourth-order valence-corrected chi connectivity index (χ4v) is 3.21. The van der Waals surface area contributed by atoms with Crippen LogP contribution < -0.4 is 11.1 Å². The molecule has 9 nitrogen and oxygen atoms in total. The number of rotatable bonds is 5. The topological polar surface area (TPSA) is 131 Å². The Bertz CT molecular complexity index is 1050. The van der Waals surface area contributed by atoms with Crippen molar-refractivity contribution in [2.45, 2.75) is 31.2 Å². The summed E-state index contributed by atoms with van der Waals surface area (Å²) in [6.07, 6.45) is -6.82. The van der Waals surface area contributed by atoms with E-state index >= 15 is 0 Å². The predicted molar refractivity (Wildman–Crippen MR) is 108 cm³/mol. The number of hydrogen-bond acceptors (Lipinski definition) is 5. The first-order valence-electron chi connectivity index (χ1n) is 10.0. The number of carbonyl (C=O) groups is 3. The molecule has 2 heterocycles. The lowest BCUT2D eigenvalue weighted by atomic mass is 10.0. The molecule has 1 atom stereocenters. The van der Waals surface area contributed by atoms with Gasteiger partial charge < -0.3 is 16.2 Å². The van der Waals surface area contributed by atoms with Gasteiger partial charge in [0.2, 0.25) is 5.91 Å². The zero-order chi connectivity index (χ0) is 26.4. The third kappa shape index (κ3) is 8.59. The summed E-state index contributed by atoms with van der Waals surface area (Å²) >= 11 is 0. The highest BCUT2D eigenvalue weighted by Crippen LogP contribution is 2.28. The summed E-state index contributed by atoms with van der Waals surface area (Å²) in [6, 6.07) is 6.95. The second-order valence-electron chi connectivity index (χ2n) is 7.51. The van der Waals surface area contributed by atoms with E-state index in [1.165, 1.54) is 12.3 Å². The summed E-state index contributed by atoms with van der Waals surface area (Å²) in [6.45, 7) is 1.40. The summed E-state index contributed by atoms with van der Waals surface area (Å²) in [5, 5.41) is 13.5. The smallest absolute Gasteiger partial charge is 0.475 e. The molecule has 0 bridgehead atoms. The quantitative estimate of drug-likeness (QED) is 0.530. The summed E-state index contributed by atoms with van der Waals surface area (Å²) in [7, 11) is 0. The molecule has 2 aromatic rings. The average molecular weight is 509 g/mol. The Balaban J connectivity index is 0.000000540. The lowest BCUT2D eigenvalue weighted by Crippen LogP contribution is -2.49. The van der Waals surface area contributed by atoms with E-state index in [-0.39, 0.29) is 18.5 Å². The van der Waals surface area contributed by atoms with Gasteiger partial charge in [-0.2, -0.15) is 31.4 Å². The van der Waals surface area contributed by atoms with Gasteiger partial charge in [-0.15, -0.1) is 0 Å². The monoisotopic (exact) mass is 509 g/mol. The van der Waals surface area contributed by atoms with E-state index in [2.05, 4.69) is 10.4 Å². The number of carboxylic acids is 1. The van der Waals surface area contributed by atoms with Gasteiger partial charge >= 0.3 is 18.3 Å². The third-order valence-electron chi connectivity index (χ3n) is 4.72. The Labute approximate surface area is 194 Å². The summed E-state index contributed by atoms with van der Waals surface area (Å²) < 4.78 is 71.0. The van der Waals surface area contributed by atoms with Gasteiger partial charge in [0.1, 0.15) is 0 Å². The van der Waals surface area contributed by atoms with E-state index in [0.29, 0.717) is 17.8 Å². The molecule has 0 aliphatic carbocycles. The SMILES string of the molecule is NC(=O)CN1CCCC(NC(=O)c2cccc(-n3ccc(C(F)(F)F)n3)c2)C1.O=C(O)C(F)(F)F. The Morgan fingerprint density at radius 3 is 2.34 bits per heavy atom. The second-order valence-corrected chi connectivity index (χ2v) is 7.51. The van der Waals surface area contributed by atoms with Gasteiger partial charge in [-0.1, -0.05) is 6.07 Å². The van der Waals surface area contributed by atoms with Gasteiger partial charge in [0.15, 0.2) is 5.69 Å². The van der Waals surface area contributed by atoms with Gasteiger partial charge in [-0.25, -0.2) is 9.48 Å². The van der Waals surface area contributed by atoms with Crippen LogP contribution in [0.15, 0.2) is 36.5 Å². The van der Waals surface area contributed by atoms with Crippen LogP contribution in [-0.4, -0.2) is 69.4 Å². The summed E-state index contributed by atoms with van der Waals surface area (Å²) in [5.41, 5.74) is 4.88. The number of nitrogens with one attached hydrogen (secondary N) is 1. The molecule has 1 fully saturated rings. The van der Waals surface area contributed by atoms with Crippen molar-refractivity contribution in [3.05, 3.63) is 47.8 Å². The molecule has 192 valence electrons. The lowest BCUT2D eigenvalue weighted by molar-refractivity contribution is -0.192. The number of nitrogens with two attached hydrogens (primary N) is 1. The number of carbonyl (C=O) groups excluding carboxylic acids is 2. The summed E-state index contributed by atoms with van der Waals surface area (Å²) in [5.74, 6) is -3.51. The zero-order valence-electron chi connectivity index (χ0n) is 17.9. The highest BCUT2D eigenvalue weighted by molar-refractivity contribution is 5.95. The third-order valence-corrected chi connectivity index (χ3v) is 4.72. The van der Waals surface area contributed by atoms with Crippen molar-refractivity contribution in [3.63, 3.8) is 0 Å². The van der Waals surface area contributed by atoms with Crippen molar-refractivity contribution in [1.29, 1.82) is 0 Å². The maximum atomic E-state index is 12.7. The minimum absolute atomic E-state index is 0.134. The average Bonchev–Trinajstić information content (AvgIpc) is 3.24. The fourth-order valence-electron chi connectivity index (χ4n) is 3.21. The Morgan fingerprint density at radius 1 is 1.14 bits per heavy atom. The molecule has 4 N–H and O–H groups in total. The molecule has 1 aliphatic heterocycles. The van der Waals surface area contributed by atoms with Gasteiger partial charge in [-0.05, 0) is 43.7 Å². The highest BCUT2D eigenvalue weighted by Gasteiger charge is 2.38. The van der Waals surface area contributed by atoms with Crippen LogP contribution in [0.4, 0.5) is 26.3 Å². The standard InChI is InChI=1S/C18H20F3N5O2.C2HF3O2/c19-18(20,21)15-6-8-26(24-15)14-5-1-3-12(9-14)17(28)23-13-4-2-7-25(10-13)11-16(22)27;3-2(4,5)1(6)7/h1,3,5-6,8-9,13H,2,4,7,10-11H2,(H2,22,27)(H,23,28);(H,6,7). The van der Waals surface area contributed by atoms with E-state index in [9.17, 15) is 35.9 Å². The van der Waals surface area contributed by atoms with E-state index in [1.54, 1.807) is 18.2 Å². The number of aromatic nitrogens is 2. The number of carboxylic acid groups (broad SMARTS) is 1. The van der Waals surface area contributed by atoms with Crippen molar-refractivity contribution in [2.24, 2.45) is 5.73 Å². The van der Waals surface area contributed by atoms with Crippen molar-refractivity contribution >= 4 is 17.8 Å². The number of aliphatic carboxylic acids is 1. The van der Waals surface area contributed by atoms with E-state index < -0.39 is 29.9 Å². The number of alkyl halides is 6. The molecule has 1 aromatic carbocycles. The Morgan fingerprint density at radius 2 is 1.80 bits per heavy atom. The Kier molecular flexibility index (Phi) is 8.84. The molecule has 15 heteroatoms. The van der Waals surface area contributed by atoms with Crippen LogP contribution in [0.2, 0.25) is 0 Å². The molecule has 3 rings (SSSR count). The highest BCUT2D eigenvalue weighted by atomic mass is 19.4. The number of primary amides is 1. The minimum Gasteiger partial charge on any atom is -0.475 e. The molecule has 0 radical (unpaired) electrons. The zero-order valence-corrected chi connectivity index (χ0v) is 17.9. The van der Waals surface area contributed by atoms with Gasteiger partial charge in [0.05, 0.1) is 12.2 Å². The first-order chi connectivity index (χ1) is 16.2. The van der Waals surface area contributed by atoms with E-state index in [0.717, 1.165) is 30.1 Å². The van der Waals surface area contributed by atoms with Crippen molar-refractivity contribution in [3.8, 4) is 5.69 Å². The van der Waals surface area contributed by atoms with Gasteiger partial charge in [0, 0.05) is 24.3 Å². The van der Waals surface area contributed by atoms with Crippen LogP contribution >= 0.6 is 0 Å². The van der Waals surface area contributed by atoms with Crippen LogP contribution in [0, 0.1) is 0 Å². The molecule has 1 aliphatic rings. The fraction of sp³-hybridized carbons (Fsp3) is 0.400. The van der Waals surface area contributed by atoms with Crippen LogP contribution in [0.25, 0.3) is 5.69 Å². The van der Waals surface area contributed by atoms with E-state index in [4.69, 9.17) is 15.6 Å². The maximum absolute atomic E-state index is 12.7. The van der Waals surface area contributed by atoms with Crippen LogP contribution in [-0.2, 0) is 15.8 Å². The minimum atomic E-state index is -5.08. The molecule has 1 unspecified atom stereocenters. The van der Waals surface area contributed by atoms with Crippen molar-refractivity contribution in [1.82, 2.24) is 20.0 Å². The van der Waals surface area contributed by atoms with Crippen LogP contribution in [0.1, 0.15) is 28.9 Å². The summed E-state index contributed by atoms with van der Waals surface area (Å²) in [4.78, 5) is 34.4. The lowest BCUT2D eigenvalue weighted by Gasteiger charge is -2.32. The molecular weight excluding hydrogens is 488 g/mol. The molecule has 1 aromatic heterocycles. The number of benzene rings is 1. The number of piperidine rings is 1. The molecule has 0 saturated carbocycles. The van der Waals surface area contributed by atoms with Crippen LogP contribution in [0.5, 0.6) is 0 Å². The molecule has 2 amide bonds. The second kappa shape index (κ2) is 11.2. The van der Waals surface area contributed by atoms with E-state index in [1.807, 2.05) is 4.90 Å². The normalized spacial score (nSPS) is 16.7. The van der Waals surface area contributed by atoms with Gasteiger partial charge in [0.25, 0.3) is 5.91 Å². The molecular formula is C20H21F6N5O4. The van der Waals surface area contributed by atoms with Crippen LogP contribution in [0.3, 0.4) is 0 Å². The molecule has 1 saturated heterocycles. The predicted octanol–water partition coefficient (Wildman–Crippen LogP) is 2.20. The molecule has 35 heavy (non-hydrogen) atoms. The van der Waals surface area contributed by atoms with Gasteiger partial charge in [-0.3, -0.25) is 14.5 Å². The van der Waals surface area contributed by atoms with Crippen molar-refractivity contribution in [2.75, 3.05) is 19.6 Å². The Hall–Kier alpha value is -3.62. The number of hydrogen-bond donors (Lipinski definition) is 3. The number of amides is 2. The number of likely N-dealkylation sites (tertiary alicyclic amines) is 1. The van der Waals surface area contributed by atoms with Crippen molar-refractivity contribution < 1.29 is 45.8 Å².